The fourth-order valence-electron chi connectivity index (χ4n) is 3.02. The average molecular weight is 560 g/mol. The molecule has 0 radical (unpaired) electrons. The third-order valence-corrected chi connectivity index (χ3v) is 5.28. The van der Waals surface area contributed by atoms with Crippen LogP contribution in [0.4, 0.5) is 22.0 Å². The monoisotopic (exact) mass is 559 g/mol. The molecule has 0 fully saturated rings. The van der Waals surface area contributed by atoms with E-state index in [1.807, 2.05) is 0 Å². The Balaban J connectivity index is 0.000000319. The van der Waals surface area contributed by atoms with Gasteiger partial charge >= 0.3 is 12.1 Å². The molecule has 0 aliphatic carbocycles. The Morgan fingerprint density at radius 1 is 0.865 bits per heavy atom. The number of amides is 2. The Labute approximate surface area is 216 Å². The number of halogens is 7. The summed E-state index contributed by atoms with van der Waals surface area (Å²) in [4.78, 5) is 22.8. The number of nitrogens with one attached hydrogen (secondary N) is 1. The summed E-state index contributed by atoms with van der Waals surface area (Å²) in [6.07, 6.45) is -8.79. The van der Waals surface area contributed by atoms with Gasteiger partial charge in [-0.15, -0.1) is 5.10 Å². The van der Waals surface area contributed by atoms with Crippen molar-refractivity contribution in [1.82, 2.24) is 20.3 Å². The van der Waals surface area contributed by atoms with E-state index in [-0.39, 0.29) is 21.6 Å². The van der Waals surface area contributed by atoms with Gasteiger partial charge < -0.3 is 11.1 Å². The number of benzene rings is 3. The number of nitrogens with zero attached hydrogens (tertiary/aromatic N) is 3. The van der Waals surface area contributed by atoms with Crippen molar-refractivity contribution < 1.29 is 31.5 Å². The van der Waals surface area contributed by atoms with Crippen LogP contribution in [0.1, 0.15) is 26.9 Å². The van der Waals surface area contributed by atoms with E-state index in [2.05, 4.69) is 10.3 Å². The molecule has 37 heavy (non-hydrogen) atoms. The Bertz CT molecular complexity index is 1430. The number of nitrogens with two attached hydrogens (primary N) is 1. The lowest BCUT2D eigenvalue weighted by Crippen LogP contribution is -2.52. The van der Waals surface area contributed by atoms with Gasteiger partial charge in [-0.05, 0) is 48.5 Å². The number of primary amides is 1. The number of aromatic nitrogens is 3. The van der Waals surface area contributed by atoms with E-state index in [9.17, 15) is 31.5 Å². The lowest BCUT2D eigenvalue weighted by atomic mass is 10.1. The number of para-hydroxylation sites is 1. The number of hydrogen-bond acceptors (Lipinski definition) is 4. The summed E-state index contributed by atoms with van der Waals surface area (Å²) in [5.41, 5.74) is 5.23. The summed E-state index contributed by atoms with van der Waals surface area (Å²) >= 11 is 11.3. The maximum Gasteiger partial charge on any atom is 0.457 e. The third kappa shape index (κ3) is 6.52. The van der Waals surface area contributed by atoms with Crippen molar-refractivity contribution in [2.24, 2.45) is 5.73 Å². The van der Waals surface area contributed by atoms with Gasteiger partial charge in [0.25, 0.3) is 5.91 Å². The highest BCUT2D eigenvalue weighted by atomic mass is 35.5. The van der Waals surface area contributed by atoms with Gasteiger partial charge in [0.15, 0.2) is 6.17 Å². The molecule has 0 spiro atoms. The summed E-state index contributed by atoms with van der Waals surface area (Å²) in [7, 11) is 0. The highest BCUT2D eigenvalue weighted by Gasteiger charge is 2.64. The molecule has 3 N–H and O–H groups in total. The van der Waals surface area contributed by atoms with Crippen molar-refractivity contribution in [3.63, 3.8) is 0 Å². The van der Waals surface area contributed by atoms with E-state index < -0.39 is 30.1 Å². The van der Waals surface area contributed by atoms with Crippen molar-refractivity contribution in [3.05, 3.63) is 94.0 Å². The van der Waals surface area contributed by atoms with Gasteiger partial charge in [-0.3, -0.25) is 9.59 Å². The van der Waals surface area contributed by atoms with Crippen LogP contribution in [0.2, 0.25) is 10.0 Å². The minimum absolute atomic E-state index is 0.0949. The third-order valence-electron chi connectivity index (χ3n) is 4.81. The first kappa shape index (κ1) is 27.8. The van der Waals surface area contributed by atoms with Crippen molar-refractivity contribution in [2.75, 3.05) is 0 Å². The molecule has 1 heterocycles. The Kier molecular flexibility index (Phi) is 8.34. The number of fused-ring (bicyclic) bond motifs is 1. The molecule has 4 aromatic rings. The van der Waals surface area contributed by atoms with Crippen LogP contribution in [0.5, 0.6) is 0 Å². The Hall–Kier alpha value is -3.77. The van der Waals surface area contributed by atoms with Crippen LogP contribution < -0.4 is 11.1 Å². The van der Waals surface area contributed by atoms with Crippen molar-refractivity contribution in [3.8, 4) is 0 Å². The minimum Gasteiger partial charge on any atom is -0.366 e. The van der Waals surface area contributed by atoms with E-state index in [1.54, 1.807) is 23.5 Å². The summed E-state index contributed by atoms with van der Waals surface area (Å²) in [6, 6.07) is 17.3. The van der Waals surface area contributed by atoms with Gasteiger partial charge in [0.05, 0.1) is 5.52 Å². The van der Waals surface area contributed by atoms with Gasteiger partial charge in [0.2, 0.25) is 5.91 Å². The summed E-state index contributed by atoms with van der Waals surface area (Å²) in [5, 5.41) is 9.29. The molecule has 0 saturated carbocycles. The topological polar surface area (TPSA) is 103 Å². The van der Waals surface area contributed by atoms with Crippen LogP contribution in [-0.2, 0) is 0 Å². The molecule has 0 bridgehead atoms. The molecule has 14 heteroatoms. The molecule has 0 aliphatic rings. The Morgan fingerprint density at radius 2 is 1.43 bits per heavy atom. The molecule has 1 unspecified atom stereocenters. The number of rotatable bonds is 5. The second-order valence-electron chi connectivity index (χ2n) is 7.40. The quantitative estimate of drug-likeness (QED) is 0.308. The van der Waals surface area contributed by atoms with Crippen LogP contribution in [0.25, 0.3) is 11.0 Å². The lowest BCUT2D eigenvalue weighted by Gasteiger charge is -2.29. The fourth-order valence-corrected chi connectivity index (χ4v) is 3.40. The SMILES string of the molecule is NC(=O)c1cccc(Cl)c1.O=C(NC(n1nnc2ccccc21)C(F)(F)C(F)(F)F)c1cccc(Cl)c1. The number of alkyl halides is 5. The molecular formula is C23H16Cl2F5N5O2. The zero-order valence-electron chi connectivity index (χ0n) is 18.4. The normalized spacial score (nSPS) is 12.4. The van der Waals surface area contributed by atoms with E-state index in [4.69, 9.17) is 28.9 Å². The van der Waals surface area contributed by atoms with E-state index in [0.29, 0.717) is 15.3 Å². The Morgan fingerprint density at radius 3 is 1.97 bits per heavy atom. The first-order valence-corrected chi connectivity index (χ1v) is 10.9. The molecule has 3 aromatic carbocycles. The van der Waals surface area contributed by atoms with E-state index in [1.165, 1.54) is 48.5 Å². The highest BCUT2D eigenvalue weighted by molar-refractivity contribution is 6.31. The summed E-state index contributed by atoms with van der Waals surface area (Å²) in [6.45, 7) is 0. The first-order chi connectivity index (χ1) is 17.3. The van der Waals surface area contributed by atoms with Gasteiger partial charge in [-0.25, -0.2) is 4.68 Å². The van der Waals surface area contributed by atoms with Crippen LogP contribution in [-0.4, -0.2) is 38.9 Å². The molecule has 194 valence electrons. The molecule has 7 nitrogen and oxygen atoms in total. The molecule has 2 amide bonds. The zero-order valence-corrected chi connectivity index (χ0v) is 19.9. The molecule has 1 aromatic heterocycles. The number of carbonyl (C=O) groups excluding carboxylic acids is 2. The average Bonchev–Trinajstić information content (AvgIpc) is 3.25. The fraction of sp³-hybridized carbons (Fsp3) is 0.130. The van der Waals surface area contributed by atoms with Crippen LogP contribution in [0, 0.1) is 0 Å². The predicted molar refractivity (Wildman–Crippen MR) is 126 cm³/mol. The second kappa shape index (κ2) is 11.1. The predicted octanol–water partition coefficient (Wildman–Crippen LogP) is 5.65. The zero-order chi connectivity index (χ0) is 27.4. The maximum absolute atomic E-state index is 14.2. The summed E-state index contributed by atoms with van der Waals surface area (Å²) in [5.74, 6) is -6.95. The van der Waals surface area contributed by atoms with Gasteiger partial charge in [-0.1, -0.05) is 52.7 Å². The minimum atomic E-state index is -5.94. The molecule has 1 atom stereocenters. The smallest absolute Gasteiger partial charge is 0.366 e. The van der Waals surface area contributed by atoms with Gasteiger partial charge in [0.1, 0.15) is 5.52 Å². The largest absolute Gasteiger partial charge is 0.457 e. The number of carbonyl (C=O) groups is 2. The second-order valence-corrected chi connectivity index (χ2v) is 8.28. The molecular weight excluding hydrogens is 544 g/mol. The van der Waals surface area contributed by atoms with Gasteiger partial charge in [0, 0.05) is 21.2 Å². The molecule has 0 aliphatic heterocycles. The van der Waals surface area contributed by atoms with Crippen molar-refractivity contribution in [1.29, 1.82) is 0 Å². The first-order valence-electron chi connectivity index (χ1n) is 10.2. The van der Waals surface area contributed by atoms with E-state index in [0.717, 1.165) is 6.07 Å². The number of hydrogen-bond donors (Lipinski definition) is 2. The molecule has 0 saturated heterocycles. The van der Waals surface area contributed by atoms with Crippen LogP contribution in [0.15, 0.2) is 72.8 Å². The van der Waals surface area contributed by atoms with Crippen molar-refractivity contribution >= 4 is 46.0 Å². The summed E-state index contributed by atoms with van der Waals surface area (Å²) < 4.78 is 67.7. The van der Waals surface area contributed by atoms with Crippen molar-refractivity contribution in [2.45, 2.75) is 18.3 Å². The standard InChI is InChI=1S/C16H10ClF5N4O.C7H6ClNO/c17-10-5-3-4-9(8-10)13(27)23-14(15(18,19)16(20,21)22)26-12-7-2-1-6-11(12)24-25-26;8-6-3-1-2-5(4-6)7(9)10/h1-8,14H,(H,23,27);1-4H,(H2,9,10). The van der Waals surface area contributed by atoms with Gasteiger partial charge in [-0.2, -0.15) is 22.0 Å². The van der Waals surface area contributed by atoms with E-state index >= 15 is 0 Å². The van der Waals surface area contributed by atoms with Crippen LogP contribution >= 0.6 is 23.2 Å². The highest BCUT2D eigenvalue weighted by Crippen LogP contribution is 2.43. The lowest BCUT2D eigenvalue weighted by molar-refractivity contribution is -0.301. The van der Waals surface area contributed by atoms with Crippen LogP contribution in [0.3, 0.4) is 0 Å². The maximum atomic E-state index is 14.2. The molecule has 4 rings (SSSR count).